The highest BCUT2D eigenvalue weighted by Gasteiger charge is 2.44. The Hall–Kier alpha value is -2.21. The normalized spacial score (nSPS) is 16.6. The number of rotatable bonds is 6. The molecule has 0 spiro atoms. The number of aromatic hydroxyl groups is 1. The molecular weight excluding hydrogens is 472 g/mol. The minimum absolute atomic E-state index is 0.107. The number of nitrogens with one attached hydrogen (secondary N) is 1. The van der Waals surface area contributed by atoms with Crippen LogP contribution in [0.4, 0.5) is 0 Å². The molecule has 3 aromatic carbocycles. The Morgan fingerprint density at radius 1 is 0.939 bits per heavy atom. The number of hydrogen-bond acceptors (Lipinski definition) is 3. The second kappa shape index (κ2) is 9.96. The molecule has 1 aliphatic carbocycles. The van der Waals surface area contributed by atoms with Gasteiger partial charge in [-0.15, -0.1) is 6.42 Å². The summed E-state index contributed by atoms with van der Waals surface area (Å²) in [4.78, 5) is 0. The zero-order chi connectivity index (χ0) is 23.5. The van der Waals surface area contributed by atoms with Crippen LogP contribution >= 0.6 is 30.3 Å². The van der Waals surface area contributed by atoms with Crippen LogP contribution in [0.5, 0.6) is 5.75 Å². The molecule has 0 unspecified atom stereocenters. The van der Waals surface area contributed by atoms with Gasteiger partial charge in [0.15, 0.2) is 7.14 Å². The fraction of sp³-hybridized carbons (Fsp3) is 0.259. The Labute approximate surface area is 205 Å². The van der Waals surface area contributed by atoms with Crippen molar-refractivity contribution < 1.29 is 9.67 Å². The van der Waals surface area contributed by atoms with Gasteiger partial charge in [-0.2, -0.15) is 0 Å². The third kappa shape index (κ3) is 4.72. The third-order valence-corrected chi connectivity index (χ3v) is 10.2. The Kier molecular flexibility index (Phi) is 7.22. The van der Waals surface area contributed by atoms with Crippen molar-refractivity contribution in [2.75, 3.05) is 0 Å². The molecule has 1 saturated carbocycles. The zero-order valence-electron chi connectivity index (χ0n) is 18.2. The first-order valence-electron chi connectivity index (χ1n) is 11.0. The largest absolute Gasteiger partial charge is 0.506 e. The monoisotopic (exact) mass is 497 g/mol. The standard InChI is InChI=1S/C27H26Cl2NO2P/c1-2-27(16-10-5-11-17-27)30-26(23-18-20(28)19-24(29)25(23)31)33(32,21-12-6-3-7-13-21)22-14-8-4-9-15-22/h1,3-4,6-9,12-15,18-19,26,30-31H,5,10-11,16-17H2/t26-/m0/s1. The lowest BCUT2D eigenvalue weighted by Crippen LogP contribution is -2.48. The highest BCUT2D eigenvalue weighted by molar-refractivity contribution is 7.79. The summed E-state index contributed by atoms with van der Waals surface area (Å²) in [5.41, 5.74) is -0.271. The second-order valence-corrected chi connectivity index (χ2v) is 12.2. The van der Waals surface area contributed by atoms with Gasteiger partial charge in [0, 0.05) is 21.2 Å². The van der Waals surface area contributed by atoms with E-state index in [1.54, 1.807) is 6.07 Å². The highest BCUT2D eigenvalue weighted by atomic mass is 35.5. The van der Waals surface area contributed by atoms with Crippen molar-refractivity contribution in [3.63, 3.8) is 0 Å². The van der Waals surface area contributed by atoms with Crippen LogP contribution in [0.15, 0.2) is 72.8 Å². The number of phenols is 1. The Bertz CT molecular complexity index is 1160. The van der Waals surface area contributed by atoms with Crippen molar-refractivity contribution >= 4 is 41.0 Å². The SMILES string of the molecule is C#CC1(N[C@H](c2cc(Cl)cc(Cl)c2O)P(=O)(c2ccccc2)c2ccccc2)CCCCC1. The Morgan fingerprint density at radius 3 is 2.00 bits per heavy atom. The van der Waals surface area contributed by atoms with E-state index in [1.165, 1.54) is 6.07 Å². The Morgan fingerprint density at radius 2 is 1.48 bits per heavy atom. The smallest absolute Gasteiger partial charge is 0.163 e. The van der Waals surface area contributed by atoms with E-state index in [4.69, 9.17) is 29.6 Å². The quantitative estimate of drug-likeness (QED) is 0.296. The molecule has 3 nitrogen and oxygen atoms in total. The van der Waals surface area contributed by atoms with Crippen LogP contribution in [0.25, 0.3) is 0 Å². The van der Waals surface area contributed by atoms with Crippen molar-refractivity contribution in [2.45, 2.75) is 43.4 Å². The molecule has 0 aromatic heterocycles. The molecule has 1 aliphatic rings. The van der Waals surface area contributed by atoms with Crippen LogP contribution < -0.4 is 15.9 Å². The van der Waals surface area contributed by atoms with Gasteiger partial charge in [0.25, 0.3) is 0 Å². The molecule has 0 bridgehead atoms. The summed E-state index contributed by atoms with van der Waals surface area (Å²) < 4.78 is 15.3. The van der Waals surface area contributed by atoms with Gasteiger partial charge >= 0.3 is 0 Å². The lowest BCUT2D eigenvalue weighted by Gasteiger charge is -2.40. The first-order chi connectivity index (χ1) is 15.9. The summed E-state index contributed by atoms with van der Waals surface area (Å²) in [7, 11) is -3.43. The fourth-order valence-corrected chi connectivity index (χ4v) is 8.30. The van der Waals surface area contributed by atoms with Gasteiger partial charge in [-0.3, -0.25) is 5.32 Å². The number of halogens is 2. The predicted molar refractivity (Wildman–Crippen MR) is 138 cm³/mol. The maximum Gasteiger partial charge on any atom is 0.163 e. The molecule has 33 heavy (non-hydrogen) atoms. The third-order valence-electron chi connectivity index (χ3n) is 6.39. The summed E-state index contributed by atoms with van der Waals surface area (Å²) in [6, 6.07) is 21.8. The molecule has 0 aliphatic heterocycles. The van der Waals surface area contributed by atoms with E-state index in [0.717, 1.165) is 32.1 Å². The molecule has 3 aromatic rings. The number of benzene rings is 3. The van der Waals surface area contributed by atoms with E-state index in [1.807, 2.05) is 60.7 Å². The summed E-state index contributed by atoms with van der Waals surface area (Å²) in [6.45, 7) is 0. The molecule has 1 fully saturated rings. The molecule has 0 amide bonds. The summed E-state index contributed by atoms with van der Waals surface area (Å²) >= 11 is 12.7. The van der Waals surface area contributed by atoms with Gasteiger partial charge in [0.05, 0.1) is 16.3 Å². The van der Waals surface area contributed by atoms with E-state index >= 15 is 4.57 Å². The molecule has 6 heteroatoms. The Balaban J connectivity index is 2.00. The first kappa shape index (κ1) is 23.9. The number of hydrogen-bond donors (Lipinski definition) is 2. The summed E-state index contributed by atoms with van der Waals surface area (Å²) in [5.74, 6) is 1.99. The highest BCUT2D eigenvalue weighted by Crippen LogP contribution is 2.59. The lowest BCUT2D eigenvalue weighted by molar-refractivity contribution is 0.291. The van der Waals surface area contributed by atoms with E-state index in [-0.39, 0.29) is 10.8 Å². The van der Waals surface area contributed by atoms with Crippen LogP contribution in [-0.4, -0.2) is 10.6 Å². The predicted octanol–water partition coefficient (Wildman–Crippen LogP) is 6.64. The minimum Gasteiger partial charge on any atom is -0.506 e. The lowest BCUT2D eigenvalue weighted by atomic mass is 9.82. The average molecular weight is 498 g/mol. The van der Waals surface area contributed by atoms with E-state index < -0.39 is 18.5 Å². The molecule has 0 heterocycles. The zero-order valence-corrected chi connectivity index (χ0v) is 20.6. The van der Waals surface area contributed by atoms with Gasteiger partial charge in [-0.25, -0.2) is 0 Å². The minimum atomic E-state index is -3.43. The second-order valence-electron chi connectivity index (χ2n) is 8.49. The fourth-order valence-electron chi connectivity index (χ4n) is 4.65. The van der Waals surface area contributed by atoms with E-state index in [0.29, 0.717) is 21.2 Å². The van der Waals surface area contributed by atoms with Gasteiger partial charge in [-0.05, 0) is 25.0 Å². The van der Waals surface area contributed by atoms with Gasteiger partial charge in [0.2, 0.25) is 0 Å². The van der Waals surface area contributed by atoms with E-state index in [2.05, 4.69) is 11.2 Å². The van der Waals surface area contributed by atoms with Crippen molar-refractivity contribution in [1.82, 2.24) is 5.32 Å². The molecule has 4 rings (SSSR count). The van der Waals surface area contributed by atoms with Crippen LogP contribution in [0.3, 0.4) is 0 Å². The molecule has 0 saturated heterocycles. The van der Waals surface area contributed by atoms with Gasteiger partial charge < -0.3 is 9.67 Å². The van der Waals surface area contributed by atoms with E-state index in [9.17, 15) is 5.11 Å². The van der Waals surface area contributed by atoms with Crippen molar-refractivity contribution in [3.8, 4) is 18.1 Å². The topological polar surface area (TPSA) is 49.3 Å². The maximum atomic E-state index is 15.3. The molecule has 2 N–H and O–H groups in total. The van der Waals surface area contributed by atoms with Crippen LogP contribution in [0, 0.1) is 12.3 Å². The van der Waals surface area contributed by atoms with Crippen molar-refractivity contribution in [1.29, 1.82) is 0 Å². The van der Waals surface area contributed by atoms with Crippen molar-refractivity contribution in [3.05, 3.63) is 88.4 Å². The first-order valence-corrected chi connectivity index (χ1v) is 13.6. The van der Waals surface area contributed by atoms with Crippen molar-refractivity contribution in [2.24, 2.45) is 0 Å². The van der Waals surface area contributed by atoms with Crippen LogP contribution in [0.1, 0.15) is 43.5 Å². The van der Waals surface area contributed by atoms with Gasteiger partial charge in [0.1, 0.15) is 5.75 Å². The molecule has 170 valence electrons. The molecule has 1 atom stereocenters. The summed E-state index contributed by atoms with van der Waals surface area (Å²) in [5, 5.41) is 16.4. The van der Waals surface area contributed by atoms with Crippen LogP contribution in [0.2, 0.25) is 10.0 Å². The average Bonchev–Trinajstić information content (AvgIpc) is 2.86. The van der Waals surface area contributed by atoms with Gasteiger partial charge in [-0.1, -0.05) is 109 Å². The summed E-state index contributed by atoms with van der Waals surface area (Å²) in [6.07, 6.45) is 10.7. The maximum absolute atomic E-state index is 15.3. The molecule has 0 radical (unpaired) electrons. The number of phenolic OH excluding ortho intramolecular Hbond substituents is 1. The van der Waals surface area contributed by atoms with Crippen LogP contribution in [-0.2, 0) is 4.57 Å². The number of terminal acetylenes is 1. The molecular formula is C27H26Cl2NO2P.